The van der Waals surface area contributed by atoms with Gasteiger partial charge in [0, 0.05) is 18.5 Å². The summed E-state index contributed by atoms with van der Waals surface area (Å²) in [6.45, 7) is 4.83. The van der Waals surface area contributed by atoms with Gasteiger partial charge in [-0.3, -0.25) is 9.69 Å². The maximum absolute atomic E-state index is 12.3. The van der Waals surface area contributed by atoms with E-state index >= 15 is 0 Å². The third-order valence-electron chi connectivity index (χ3n) is 2.71. The molecular weight excluding hydrogens is 264 g/mol. The second-order valence-electron chi connectivity index (χ2n) is 4.70. The van der Waals surface area contributed by atoms with Crippen LogP contribution in [0.1, 0.15) is 18.7 Å². The zero-order valence-corrected chi connectivity index (χ0v) is 12.3. The van der Waals surface area contributed by atoms with Gasteiger partial charge in [-0.05, 0) is 35.7 Å². The number of likely N-dealkylation sites (N-methyl/N-ethyl adjacent to an activating group) is 1. The number of amides is 1. The molecule has 0 N–H and O–H groups in total. The molecule has 0 aliphatic carbocycles. The fourth-order valence-corrected chi connectivity index (χ4v) is 2.75. The number of rotatable bonds is 3. The van der Waals surface area contributed by atoms with Crippen molar-refractivity contribution in [1.82, 2.24) is 9.80 Å². The van der Waals surface area contributed by atoms with E-state index in [-0.39, 0.29) is 5.91 Å². The van der Waals surface area contributed by atoms with E-state index in [4.69, 9.17) is 12.2 Å². The zero-order chi connectivity index (χ0) is 13.3. The molecule has 1 saturated heterocycles. The predicted molar refractivity (Wildman–Crippen MR) is 79.2 cm³/mol. The van der Waals surface area contributed by atoms with Gasteiger partial charge in [-0.25, -0.2) is 0 Å². The minimum absolute atomic E-state index is 0.00426. The number of carbonyl (C=O) groups excluding carboxylic acids is 1. The molecule has 0 spiro atoms. The number of carbonyl (C=O) groups is 1. The molecule has 0 saturated carbocycles. The van der Waals surface area contributed by atoms with Gasteiger partial charge in [0.05, 0.1) is 0 Å². The Bertz CT molecular complexity index is 491. The topological polar surface area (TPSA) is 23.6 Å². The molecule has 2 rings (SSSR count). The lowest BCUT2D eigenvalue weighted by Crippen LogP contribution is -2.34. The molecule has 1 aromatic rings. The lowest BCUT2D eigenvalue weighted by molar-refractivity contribution is -0.122. The van der Waals surface area contributed by atoms with E-state index in [1.807, 2.05) is 30.6 Å². The van der Waals surface area contributed by atoms with Crippen LogP contribution in [0.2, 0.25) is 0 Å². The predicted octanol–water partition coefficient (Wildman–Crippen LogP) is 2.80. The molecule has 0 atom stereocenters. The van der Waals surface area contributed by atoms with Crippen molar-refractivity contribution in [3.05, 3.63) is 28.1 Å². The Kier molecular flexibility index (Phi) is 3.82. The molecule has 1 amide bonds. The summed E-state index contributed by atoms with van der Waals surface area (Å²) in [5, 5.41) is 2.59. The lowest BCUT2D eigenvalue weighted by atomic mass is 10.2. The normalized spacial score (nSPS) is 18.6. The van der Waals surface area contributed by atoms with E-state index < -0.39 is 0 Å². The van der Waals surface area contributed by atoms with Crippen LogP contribution in [0.5, 0.6) is 0 Å². The molecule has 1 fully saturated rings. The summed E-state index contributed by atoms with van der Waals surface area (Å²) in [5.74, 6) is 0.408. The fraction of sp³-hybridized carbons (Fsp3) is 0.385. The fourth-order valence-electron chi connectivity index (χ4n) is 1.85. The molecule has 1 aromatic heterocycles. The van der Waals surface area contributed by atoms with Crippen molar-refractivity contribution < 1.29 is 4.79 Å². The summed E-state index contributed by atoms with van der Waals surface area (Å²) in [7, 11) is 1.85. The molecule has 96 valence electrons. The minimum Gasteiger partial charge on any atom is -0.317 e. The Labute approximate surface area is 117 Å². The molecular formula is C13H16N2OS2. The van der Waals surface area contributed by atoms with Gasteiger partial charge in [-0.15, -0.1) is 11.3 Å². The third-order valence-corrected chi connectivity index (χ3v) is 4.03. The van der Waals surface area contributed by atoms with Crippen molar-refractivity contribution in [1.29, 1.82) is 0 Å². The quantitative estimate of drug-likeness (QED) is 0.628. The minimum atomic E-state index is 0.00426. The summed E-state index contributed by atoms with van der Waals surface area (Å²) in [4.78, 5) is 16.9. The molecule has 1 aliphatic heterocycles. The van der Waals surface area contributed by atoms with Crippen LogP contribution in [0.15, 0.2) is 23.2 Å². The summed E-state index contributed by atoms with van der Waals surface area (Å²) in [6, 6.07) is 3.97. The number of thiocarbonyl (C=S) groups is 1. The van der Waals surface area contributed by atoms with Crippen LogP contribution in [0, 0.1) is 5.92 Å². The highest BCUT2D eigenvalue weighted by Crippen LogP contribution is 2.24. The summed E-state index contributed by atoms with van der Waals surface area (Å²) < 4.78 is 0. The highest BCUT2D eigenvalue weighted by Gasteiger charge is 2.35. The summed E-state index contributed by atoms with van der Waals surface area (Å²) in [6.07, 6.45) is 1.90. The Balaban J connectivity index is 2.28. The molecule has 18 heavy (non-hydrogen) atoms. The van der Waals surface area contributed by atoms with Gasteiger partial charge in [0.15, 0.2) is 5.11 Å². The van der Waals surface area contributed by atoms with Gasteiger partial charge < -0.3 is 4.90 Å². The van der Waals surface area contributed by atoms with Gasteiger partial charge in [0.2, 0.25) is 0 Å². The molecule has 0 radical (unpaired) electrons. The first-order valence-electron chi connectivity index (χ1n) is 5.85. The van der Waals surface area contributed by atoms with E-state index in [9.17, 15) is 4.79 Å². The lowest BCUT2D eigenvalue weighted by Gasteiger charge is -2.18. The van der Waals surface area contributed by atoms with Crippen LogP contribution in [0.4, 0.5) is 0 Å². The molecule has 0 aromatic carbocycles. The molecule has 2 heterocycles. The summed E-state index contributed by atoms with van der Waals surface area (Å²) in [5.41, 5.74) is 0.656. The van der Waals surface area contributed by atoms with Crippen LogP contribution in [-0.4, -0.2) is 34.4 Å². The van der Waals surface area contributed by atoms with Crippen LogP contribution < -0.4 is 0 Å². The second kappa shape index (κ2) is 5.20. The first kappa shape index (κ1) is 13.2. The SMILES string of the molecule is CC(C)CN1C(=O)/C(=C\c2cccs2)N(C)C1=S. The number of hydrogen-bond acceptors (Lipinski definition) is 3. The average Bonchev–Trinajstić information content (AvgIpc) is 2.88. The van der Waals surface area contributed by atoms with E-state index in [1.54, 1.807) is 21.1 Å². The highest BCUT2D eigenvalue weighted by atomic mass is 32.1. The Morgan fingerprint density at radius 3 is 2.78 bits per heavy atom. The number of nitrogens with zero attached hydrogens (tertiary/aromatic N) is 2. The van der Waals surface area contributed by atoms with E-state index in [1.165, 1.54) is 0 Å². The number of thiophene rings is 1. The monoisotopic (exact) mass is 280 g/mol. The van der Waals surface area contributed by atoms with Crippen molar-refractivity contribution in [3.8, 4) is 0 Å². The Morgan fingerprint density at radius 1 is 1.50 bits per heavy atom. The maximum Gasteiger partial charge on any atom is 0.276 e. The van der Waals surface area contributed by atoms with Crippen LogP contribution in [-0.2, 0) is 4.79 Å². The molecule has 0 unspecified atom stereocenters. The van der Waals surface area contributed by atoms with Gasteiger partial charge >= 0.3 is 0 Å². The molecule has 5 heteroatoms. The Morgan fingerprint density at radius 2 is 2.22 bits per heavy atom. The van der Waals surface area contributed by atoms with Crippen molar-refractivity contribution >= 4 is 40.7 Å². The van der Waals surface area contributed by atoms with Crippen molar-refractivity contribution in [2.75, 3.05) is 13.6 Å². The third kappa shape index (κ3) is 2.47. The van der Waals surface area contributed by atoms with Crippen LogP contribution in [0.3, 0.4) is 0 Å². The zero-order valence-electron chi connectivity index (χ0n) is 10.7. The number of hydrogen-bond donors (Lipinski definition) is 0. The maximum atomic E-state index is 12.3. The van der Waals surface area contributed by atoms with Crippen LogP contribution >= 0.6 is 23.6 Å². The van der Waals surface area contributed by atoms with Crippen LogP contribution in [0.25, 0.3) is 6.08 Å². The molecule has 0 bridgehead atoms. The first-order valence-corrected chi connectivity index (χ1v) is 7.14. The van der Waals surface area contributed by atoms with E-state index in [2.05, 4.69) is 13.8 Å². The molecule has 3 nitrogen and oxygen atoms in total. The van der Waals surface area contributed by atoms with Crippen molar-refractivity contribution in [2.45, 2.75) is 13.8 Å². The van der Waals surface area contributed by atoms with Crippen molar-refractivity contribution in [3.63, 3.8) is 0 Å². The summed E-state index contributed by atoms with van der Waals surface area (Å²) >= 11 is 6.94. The Hall–Kier alpha value is -1.20. The van der Waals surface area contributed by atoms with Gasteiger partial charge in [0.25, 0.3) is 5.91 Å². The standard InChI is InChI=1S/C13H16N2OS2/c1-9(2)8-15-12(16)11(14(3)13(15)17)7-10-5-4-6-18-10/h4-7,9H,8H2,1-3H3/b11-7+. The molecule has 1 aliphatic rings. The average molecular weight is 280 g/mol. The smallest absolute Gasteiger partial charge is 0.276 e. The van der Waals surface area contributed by atoms with Gasteiger partial charge in [-0.2, -0.15) is 0 Å². The van der Waals surface area contributed by atoms with Crippen molar-refractivity contribution in [2.24, 2.45) is 5.92 Å². The highest BCUT2D eigenvalue weighted by molar-refractivity contribution is 7.80. The van der Waals surface area contributed by atoms with Gasteiger partial charge in [0.1, 0.15) is 5.70 Å². The van der Waals surface area contributed by atoms with Gasteiger partial charge in [-0.1, -0.05) is 19.9 Å². The largest absolute Gasteiger partial charge is 0.317 e. The first-order chi connectivity index (χ1) is 8.50. The van der Waals surface area contributed by atoms with E-state index in [0.29, 0.717) is 23.3 Å². The second-order valence-corrected chi connectivity index (χ2v) is 6.04. The van der Waals surface area contributed by atoms with E-state index in [0.717, 1.165) is 4.88 Å².